The smallest absolute Gasteiger partial charge is 0.125 e. The molecule has 1 heterocycles. The second kappa shape index (κ2) is 14.4. The van der Waals surface area contributed by atoms with Gasteiger partial charge in [0.1, 0.15) is 17.7 Å². The van der Waals surface area contributed by atoms with Crippen molar-refractivity contribution in [2.45, 2.75) is 20.8 Å². The molecule has 3 heteroatoms. The standard InChI is InChI=1S/C5H4N2.C5H5N.C2H6/c1-2-5(3-6)4-7;1-2-4-6-5-3-1;1-2/h2H,1H3;1-5H;1-2H3. The fourth-order valence-corrected chi connectivity index (χ4v) is 0.467. The van der Waals surface area contributed by atoms with Gasteiger partial charge in [-0.3, -0.25) is 4.98 Å². The third kappa shape index (κ3) is 11.9. The normalized spacial score (nSPS) is 6.20. The van der Waals surface area contributed by atoms with E-state index in [1.165, 1.54) is 6.08 Å². The predicted octanol–water partition coefficient (Wildman–Crippen LogP) is 3.09. The van der Waals surface area contributed by atoms with Crippen LogP contribution in [0, 0.1) is 22.7 Å². The molecule has 15 heavy (non-hydrogen) atoms. The van der Waals surface area contributed by atoms with Crippen LogP contribution in [0.15, 0.2) is 42.2 Å². The van der Waals surface area contributed by atoms with Gasteiger partial charge >= 0.3 is 0 Å². The van der Waals surface area contributed by atoms with E-state index in [1.54, 1.807) is 31.5 Å². The Bertz CT molecular complexity index is 285. The number of aromatic nitrogens is 1. The maximum atomic E-state index is 7.99. The minimum atomic E-state index is 0.167. The monoisotopic (exact) mass is 201 g/mol. The number of pyridine rings is 1. The summed E-state index contributed by atoms with van der Waals surface area (Å²) >= 11 is 0. The van der Waals surface area contributed by atoms with Crippen molar-refractivity contribution < 1.29 is 0 Å². The number of nitriles is 2. The lowest BCUT2D eigenvalue weighted by Gasteiger charge is -1.70. The molecule has 0 saturated carbocycles. The number of allylic oxidation sites excluding steroid dienone is 2. The Morgan fingerprint density at radius 1 is 1.07 bits per heavy atom. The van der Waals surface area contributed by atoms with Gasteiger partial charge in [0.05, 0.1) is 0 Å². The fraction of sp³-hybridized carbons (Fsp3) is 0.250. The van der Waals surface area contributed by atoms with Gasteiger partial charge in [0.2, 0.25) is 0 Å². The lowest BCUT2D eigenvalue weighted by Crippen LogP contribution is -1.64. The van der Waals surface area contributed by atoms with Crippen LogP contribution in [-0.2, 0) is 0 Å². The highest BCUT2D eigenvalue weighted by Crippen LogP contribution is 1.83. The van der Waals surface area contributed by atoms with Crippen LogP contribution < -0.4 is 0 Å². The predicted molar refractivity (Wildman–Crippen MR) is 60.6 cm³/mol. The van der Waals surface area contributed by atoms with Crippen LogP contribution in [0.2, 0.25) is 0 Å². The van der Waals surface area contributed by atoms with Gasteiger partial charge in [0.25, 0.3) is 0 Å². The molecule has 3 nitrogen and oxygen atoms in total. The van der Waals surface area contributed by atoms with Gasteiger partial charge in [-0.25, -0.2) is 0 Å². The molecule has 0 fully saturated rings. The van der Waals surface area contributed by atoms with Crippen molar-refractivity contribution in [1.29, 1.82) is 10.5 Å². The molecule has 0 spiro atoms. The first-order valence-corrected chi connectivity index (χ1v) is 4.66. The largest absolute Gasteiger partial charge is 0.265 e. The Morgan fingerprint density at radius 2 is 1.53 bits per heavy atom. The van der Waals surface area contributed by atoms with Crippen molar-refractivity contribution in [2.24, 2.45) is 0 Å². The van der Waals surface area contributed by atoms with E-state index in [2.05, 4.69) is 4.98 Å². The molecule has 0 saturated heterocycles. The van der Waals surface area contributed by atoms with Crippen LogP contribution in [0.4, 0.5) is 0 Å². The summed E-state index contributed by atoms with van der Waals surface area (Å²) in [6, 6.07) is 9.12. The SMILES string of the molecule is CC.CC=C(C#N)C#N.c1ccncc1. The van der Waals surface area contributed by atoms with E-state index in [0.717, 1.165) is 0 Å². The second-order valence-electron chi connectivity index (χ2n) is 1.95. The maximum Gasteiger partial charge on any atom is 0.125 e. The zero-order valence-electron chi connectivity index (χ0n) is 9.31. The molecule has 0 N–H and O–H groups in total. The van der Waals surface area contributed by atoms with E-state index in [9.17, 15) is 0 Å². The van der Waals surface area contributed by atoms with Crippen LogP contribution in [0.3, 0.4) is 0 Å². The molecule has 1 aromatic rings. The molecule has 0 amide bonds. The van der Waals surface area contributed by atoms with Gasteiger partial charge in [-0.15, -0.1) is 0 Å². The summed E-state index contributed by atoms with van der Waals surface area (Å²) in [5, 5.41) is 16.0. The summed E-state index contributed by atoms with van der Waals surface area (Å²) in [5.41, 5.74) is 0.167. The van der Waals surface area contributed by atoms with Crippen LogP contribution >= 0.6 is 0 Å². The zero-order chi connectivity index (χ0) is 11.9. The van der Waals surface area contributed by atoms with Crippen molar-refractivity contribution in [2.75, 3.05) is 0 Å². The number of rotatable bonds is 0. The molecular weight excluding hydrogens is 186 g/mol. The van der Waals surface area contributed by atoms with Crippen molar-refractivity contribution in [3.8, 4) is 12.1 Å². The highest BCUT2D eigenvalue weighted by Gasteiger charge is 1.81. The summed E-state index contributed by atoms with van der Waals surface area (Å²) in [5.74, 6) is 0. The van der Waals surface area contributed by atoms with Gasteiger partial charge in [0.15, 0.2) is 0 Å². The number of hydrogen-bond donors (Lipinski definition) is 0. The molecule has 0 radical (unpaired) electrons. The average molecular weight is 201 g/mol. The molecular formula is C12H15N3. The molecule has 0 unspecified atom stereocenters. The molecule has 0 aliphatic carbocycles. The van der Waals surface area contributed by atoms with E-state index in [-0.39, 0.29) is 5.57 Å². The molecule has 78 valence electrons. The zero-order valence-corrected chi connectivity index (χ0v) is 9.31. The molecule has 0 aliphatic rings. The van der Waals surface area contributed by atoms with E-state index in [0.29, 0.717) is 0 Å². The first kappa shape index (κ1) is 15.3. The number of hydrogen-bond acceptors (Lipinski definition) is 3. The quantitative estimate of drug-likeness (QED) is 0.606. The summed E-state index contributed by atoms with van der Waals surface area (Å²) < 4.78 is 0. The van der Waals surface area contributed by atoms with Gasteiger partial charge in [0, 0.05) is 12.4 Å². The van der Waals surface area contributed by atoms with Crippen molar-refractivity contribution in [3.05, 3.63) is 42.2 Å². The highest BCUT2D eigenvalue weighted by molar-refractivity contribution is 5.33. The van der Waals surface area contributed by atoms with Crippen LogP contribution in [0.25, 0.3) is 0 Å². The van der Waals surface area contributed by atoms with Gasteiger partial charge in [-0.1, -0.05) is 26.0 Å². The maximum absolute atomic E-state index is 7.99. The minimum absolute atomic E-state index is 0.167. The summed E-state index contributed by atoms with van der Waals surface area (Å²) in [6.07, 6.45) is 4.97. The molecule has 0 bridgehead atoms. The lowest BCUT2D eigenvalue weighted by atomic mass is 10.3. The van der Waals surface area contributed by atoms with Crippen LogP contribution in [0.5, 0.6) is 0 Å². The van der Waals surface area contributed by atoms with Crippen molar-refractivity contribution >= 4 is 0 Å². The average Bonchev–Trinajstić information content (AvgIpc) is 2.37. The third-order valence-electron chi connectivity index (χ3n) is 1.10. The molecule has 1 aromatic heterocycles. The first-order valence-electron chi connectivity index (χ1n) is 4.66. The van der Waals surface area contributed by atoms with Crippen LogP contribution in [0.1, 0.15) is 20.8 Å². The van der Waals surface area contributed by atoms with Crippen molar-refractivity contribution in [1.82, 2.24) is 4.98 Å². The molecule has 0 aromatic carbocycles. The summed E-state index contributed by atoms with van der Waals surface area (Å²) in [6.45, 7) is 5.65. The Kier molecular flexibility index (Phi) is 14.7. The van der Waals surface area contributed by atoms with E-state index >= 15 is 0 Å². The minimum Gasteiger partial charge on any atom is -0.265 e. The van der Waals surface area contributed by atoms with Crippen molar-refractivity contribution in [3.63, 3.8) is 0 Å². The van der Waals surface area contributed by atoms with E-state index in [4.69, 9.17) is 10.5 Å². The van der Waals surface area contributed by atoms with E-state index < -0.39 is 0 Å². The molecule has 0 atom stereocenters. The Labute approximate surface area is 91.3 Å². The Balaban J connectivity index is 0. The lowest BCUT2D eigenvalue weighted by molar-refractivity contribution is 1.33. The van der Waals surface area contributed by atoms with Gasteiger partial charge < -0.3 is 0 Å². The first-order chi connectivity index (χ1) is 7.35. The number of nitrogens with zero attached hydrogens (tertiary/aromatic N) is 3. The van der Waals surface area contributed by atoms with Crippen LogP contribution in [-0.4, -0.2) is 4.98 Å². The third-order valence-corrected chi connectivity index (χ3v) is 1.10. The van der Waals surface area contributed by atoms with E-state index in [1.807, 2.05) is 32.0 Å². The molecule has 0 aliphatic heterocycles. The molecule has 1 rings (SSSR count). The highest BCUT2D eigenvalue weighted by atomic mass is 14.6. The summed E-state index contributed by atoms with van der Waals surface area (Å²) in [4.78, 5) is 3.78. The Hall–Kier alpha value is -2.13. The Morgan fingerprint density at radius 3 is 1.60 bits per heavy atom. The topological polar surface area (TPSA) is 60.5 Å². The van der Waals surface area contributed by atoms with Gasteiger partial charge in [-0.2, -0.15) is 10.5 Å². The second-order valence-corrected chi connectivity index (χ2v) is 1.95. The van der Waals surface area contributed by atoms with Gasteiger partial charge in [-0.05, 0) is 19.1 Å². The summed E-state index contributed by atoms with van der Waals surface area (Å²) in [7, 11) is 0. The fourth-order valence-electron chi connectivity index (χ4n) is 0.467.